The van der Waals surface area contributed by atoms with Crippen molar-refractivity contribution in [2.45, 2.75) is 0 Å². The molecule has 0 aliphatic rings. The van der Waals surface area contributed by atoms with Gasteiger partial charge < -0.3 is 11.5 Å². The summed E-state index contributed by atoms with van der Waals surface area (Å²) >= 11 is 0. The van der Waals surface area contributed by atoms with Crippen LogP contribution in [0.2, 0.25) is 0 Å². The van der Waals surface area contributed by atoms with Crippen LogP contribution in [-0.4, -0.2) is 21.5 Å². The summed E-state index contributed by atoms with van der Waals surface area (Å²) in [7, 11) is 0. The first-order valence-corrected chi connectivity index (χ1v) is 6.54. The Balaban J connectivity index is 2.62. The van der Waals surface area contributed by atoms with Crippen molar-refractivity contribution < 1.29 is 9.85 Å². The van der Waals surface area contributed by atoms with Crippen LogP contribution in [0.5, 0.6) is 0 Å². The molecule has 0 aliphatic heterocycles. The summed E-state index contributed by atoms with van der Waals surface area (Å²) in [6, 6.07) is 11.2. The molecule has 122 valence electrons. The zero-order valence-electron chi connectivity index (χ0n) is 12.2. The van der Waals surface area contributed by atoms with Gasteiger partial charge in [-0.15, -0.1) is 10.2 Å². The van der Waals surface area contributed by atoms with E-state index in [1.165, 1.54) is 36.4 Å². The van der Waals surface area contributed by atoms with Crippen LogP contribution in [0, 0.1) is 20.2 Å². The monoisotopic (exact) mass is 328 g/mol. The van der Waals surface area contributed by atoms with E-state index in [4.69, 9.17) is 11.5 Å². The number of rotatable bonds is 5. The van der Waals surface area contributed by atoms with Crippen LogP contribution in [0.4, 0.5) is 11.4 Å². The third kappa shape index (κ3) is 3.88. The zero-order valence-corrected chi connectivity index (χ0v) is 12.2. The van der Waals surface area contributed by atoms with Crippen molar-refractivity contribution in [1.82, 2.24) is 0 Å². The Morgan fingerprint density at radius 1 is 0.833 bits per heavy atom. The van der Waals surface area contributed by atoms with E-state index < -0.39 is 9.85 Å². The van der Waals surface area contributed by atoms with E-state index in [1.807, 2.05) is 0 Å². The Labute approximate surface area is 135 Å². The van der Waals surface area contributed by atoms with E-state index in [2.05, 4.69) is 10.2 Å². The number of hydrogen-bond donors (Lipinski definition) is 2. The van der Waals surface area contributed by atoms with Crippen molar-refractivity contribution >= 4 is 23.0 Å². The van der Waals surface area contributed by atoms with E-state index in [0.29, 0.717) is 11.1 Å². The molecule has 0 unspecified atom stereocenters. The Morgan fingerprint density at radius 3 is 1.67 bits per heavy atom. The molecule has 10 nitrogen and oxygen atoms in total. The average Bonchev–Trinajstić information content (AvgIpc) is 2.55. The minimum absolute atomic E-state index is 0.157. The Bertz CT molecular complexity index is 798. The van der Waals surface area contributed by atoms with Crippen molar-refractivity contribution in [3.05, 3.63) is 79.9 Å². The molecule has 0 atom stereocenters. The van der Waals surface area contributed by atoms with Crippen LogP contribution in [0.3, 0.4) is 0 Å². The van der Waals surface area contributed by atoms with E-state index in [0.717, 1.165) is 0 Å². The number of hydrogen-bond acceptors (Lipinski definition) is 6. The van der Waals surface area contributed by atoms with Gasteiger partial charge in [0.1, 0.15) is 5.71 Å². The van der Waals surface area contributed by atoms with Crippen molar-refractivity contribution in [2.24, 2.45) is 21.7 Å². The first-order chi connectivity index (χ1) is 11.4. The molecule has 0 saturated heterocycles. The van der Waals surface area contributed by atoms with Crippen LogP contribution < -0.4 is 11.5 Å². The fourth-order valence-electron chi connectivity index (χ4n) is 1.92. The van der Waals surface area contributed by atoms with E-state index in [9.17, 15) is 20.2 Å². The molecule has 0 aliphatic carbocycles. The molecule has 0 saturated carbocycles. The van der Waals surface area contributed by atoms with Crippen LogP contribution in [0.25, 0.3) is 0 Å². The SMILES string of the molecule is NC(N)=NN=C(c1cccc([N+](=O)[O-])c1)c1cccc([N+](=O)[O-])c1. The van der Waals surface area contributed by atoms with Crippen LogP contribution in [0.15, 0.2) is 58.7 Å². The number of benzene rings is 2. The molecule has 2 aromatic carbocycles. The van der Waals surface area contributed by atoms with Crippen molar-refractivity contribution in [3.8, 4) is 0 Å². The van der Waals surface area contributed by atoms with Gasteiger partial charge in [0.15, 0.2) is 0 Å². The summed E-state index contributed by atoms with van der Waals surface area (Å²) < 4.78 is 0. The van der Waals surface area contributed by atoms with Crippen molar-refractivity contribution in [1.29, 1.82) is 0 Å². The molecule has 0 fully saturated rings. The van der Waals surface area contributed by atoms with Crippen LogP contribution >= 0.6 is 0 Å². The highest BCUT2D eigenvalue weighted by Crippen LogP contribution is 2.20. The third-order valence-corrected chi connectivity index (χ3v) is 2.93. The van der Waals surface area contributed by atoms with Gasteiger partial charge in [-0.25, -0.2) is 0 Å². The van der Waals surface area contributed by atoms with Gasteiger partial charge >= 0.3 is 0 Å². The van der Waals surface area contributed by atoms with Crippen molar-refractivity contribution in [2.75, 3.05) is 0 Å². The number of nitrogens with zero attached hydrogens (tertiary/aromatic N) is 4. The Hall–Kier alpha value is -3.82. The summed E-state index contributed by atoms with van der Waals surface area (Å²) in [4.78, 5) is 20.7. The fraction of sp³-hybridized carbons (Fsp3) is 0. The minimum atomic E-state index is -0.560. The van der Waals surface area contributed by atoms with Gasteiger partial charge in [-0.1, -0.05) is 24.3 Å². The van der Waals surface area contributed by atoms with Gasteiger partial charge in [-0.3, -0.25) is 20.2 Å². The largest absolute Gasteiger partial charge is 0.369 e. The predicted octanol–water partition coefficient (Wildman–Crippen LogP) is 1.53. The molecule has 2 aromatic rings. The number of non-ortho nitro benzene ring substituents is 2. The molecular formula is C14H12N6O4. The first-order valence-electron chi connectivity index (χ1n) is 6.54. The lowest BCUT2D eigenvalue weighted by molar-refractivity contribution is -0.385. The lowest BCUT2D eigenvalue weighted by Gasteiger charge is -2.06. The highest BCUT2D eigenvalue weighted by atomic mass is 16.6. The number of nitrogens with two attached hydrogens (primary N) is 2. The van der Waals surface area contributed by atoms with Gasteiger partial charge in [0.2, 0.25) is 5.96 Å². The lowest BCUT2D eigenvalue weighted by Crippen LogP contribution is -2.22. The summed E-state index contributed by atoms with van der Waals surface area (Å²) in [5.74, 6) is -0.316. The highest BCUT2D eigenvalue weighted by Gasteiger charge is 2.15. The summed E-state index contributed by atoms with van der Waals surface area (Å²) in [6.45, 7) is 0. The minimum Gasteiger partial charge on any atom is -0.369 e. The van der Waals surface area contributed by atoms with Gasteiger partial charge in [0.25, 0.3) is 11.4 Å². The second-order valence-electron chi connectivity index (χ2n) is 4.59. The summed E-state index contributed by atoms with van der Waals surface area (Å²) in [5.41, 5.74) is 11.0. The maximum atomic E-state index is 10.9. The molecular weight excluding hydrogens is 316 g/mol. The third-order valence-electron chi connectivity index (χ3n) is 2.93. The number of nitro benzene ring substituents is 2. The number of nitro groups is 2. The average molecular weight is 328 g/mol. The molecule has 0 bridgehead atoms. The molecule has 0 radical (unpaired) electrons. The van der Waals surface area contributed by atoms with E-state index >= 15 is 0 Å². The van der Waals surface area contributed by atoms with Gasteiger partial charge in [0.05, 0.1) is 9.85 Å². The van der Waals surface area contributed by atoms with Gasteiger partial charge in [-0.2, -0.15) is 0 Å². The van der Waals surface area contributed by atoms with E-state index in [-0.39, 0.29) is 23.0 Å². The second kappa shape index (κ2) is 6.96. The molecule has 0 amide bonds. The number of guanidine groups is 1. The highest BCUT2D eigenvalue weighted by molar-refractivity contribution is 6.13. The summed E-state index contributed by atoms with van der Waals surface area (Å²) in [5, 5.41) is 29.3. The first kappa shape index (κ1) is 16.5. The Kier molecular flexibility index (Phi) is 4.80. The molecule has 24 heavy (non-hydrogen) atoms. The Morgan fingerprint density at radius 2 is 1.29 bits per heavy atom. The molecule has 0 spiro atoms. The molecule has 2 rings (SSSR count). The van der Waals surface area contributed by atoms with Gasteiger partial charge in [0, 0.05) is 35.4 Å². The second-order valence-corrected chi connectivity index (χ2v) is 4.59. The maximum Gasteiger partial charge on any atom is 0.270 e. The molecule has 4 N–H and O–H groups in total. The zero-order chi connectivity index (χ0) is 17.7. The lowest BCUT2D eigenvalue weighted by atomic mass is 10.0. The fourth-order valence-corrected chi connectivity index (χ4v) is 1.92. The van der Waals surface area contributed by atoms with E-state index in [1.54, 1.807) is 12.1 Å². The smallest absolute Gasteiger partial charge is 0.270 e. The van der Waals surface area contributed by atoms with Crippen LogP contribution in [-0.2, 0) is 0 Å². The van der Waals surface area contributed by atoms with Gasteiger partial charge in [-0.05, 0) is 0 Å². The molecule has 0 aromatic heterocycles. The molecule has 0 heterocycles. The predicted molar refractivity (Wildman–Crippen MR) is 87.6 cm³/mol. The quantitative estimate of drug-likeness (QED) is 0.366. The van der Waals surface area contributed by atoms with Crippen LogP contribution in [0.1, 0.15) is 11.1 Å². The standard InChI is InChI=1S/C14H12N6O4/c15-14(16)18-17-13(9-3-1-5-11(7-9)19(21)22)10-4-2-6-12(8-10)20(23)24/h1-8H,(H4,15,16,18). The summed E-state index contributed by atoms with van der Waals surface area (Å²) in [6.07, 6.45) is 0. The maximum absolute atomic E-state index is 10.9. The normalized spacial score (nSPS) is 9.83. The topological polar surface area (TPSA) is 163 Å². The molecule has 10 heteroatoms. The van der Waals surface area contributed by atoms with Crippen molar-refractivity contribution in [3.63, 3.8) is 0 Å².